The van der Waals surface area contributed by atoms with Crippen LogP contribution in [0.1, 0.15) is 52.9 Å². The Labute approximate surface area is 92.9 Å². The van der Waals surface area contributed by atoms with E-state index in [1.54, 1.807) is 0 Å². The largest absolute Gasteiger partial charge is 0.299 e. The lowest BCUT2D eigenvalue weighted by molar-refractivity contribution is -0.125. The van der Waals surface area contributed by atoms with Gasteiger partial charge in [-0.05, 0) is 43.9 Å². The summed E-state index contributed by atoms with van der Waals surface area (Å²) in [5, 5.41) is 0. The number of hydrogen-bond donors (Lipinski definition) is 0. The molecule has 0 radical (unpaired) electrons. The van der Waals surface area contributed by atoms with E-state index in [9.17, 15) is 4.79 Å². The van der Waals surface area contributed by atoms with Gasteiger partial charge in [-0.15, -0.1) is 0 Å². The Morgan fingerprint density at radius 3 is 2.87 bits per heavy atom. The molecule has 0 saturated heterocycles. The van der Waals surface area contributed by atoms with Gasteiger partial charge in [0.1, 0.15) is 5.78 Å². The van der Waals surface area contributed by atoms with E-state index >= 15 is 0 Å². The van der Waals surface area contributed by atoms with Gasteiger partial charge in [-0.25, -0.2) is 0 Å². The molecule has 0 unspecified atom stereocenters. The molecule has 1 fully saturated rings. The summed E-state index contributed by atoms with van der Waals surface area (Å²) < 4.78 is 0. The van der Waals surface area contributed by atoms with E-state index in [0.29, 0.717) is 23.0 Å². The minimum atomic E-state index is 0.325. The van der Waals surface area contributed by atoms with Gasteiger partial charge in [-0.2, -0.15) is 0 Å². The van der Waals surface area contributed by atoms with Gasteiger partial charge < -0.3 is 0 Å². The van der Waals surface area contributed by atoms with Crippen LogP contribution < -0.4 is 0 Å². The van der Waals surface area contributed by atoms with Crippen molar-refractivity contribution in [3.8, 4) is 0 Å². The maximum Gasteiger partial charge on any atom is 0.136 e. The van der Waals surface area contributed by atoms with Gasteiger partial charge >= 0.3 is 0 Å². The van der Waals surface area contributed by atoms with Crippen LogP contribution >= 0.6 is 0 Å². The van der Waals surface area contributed by atoms with Crippen molar-refractivity contribution in [1.29, 1.82) is 0 Å². The van der Waals surface area contributed by atoms with Crippen LogP contribution in [0.25, 0.3) is 0 Å². The Kier molecular flexibility index (Phi) is 2.74. The summed E-state index contributed by atoms with van der Waals surface area (Å²) in [7, 11) is 0. The summed E-state index contributed by atoms with van der Waals surface area (Å²) in [4.78, 5) is 12.0. The number of carbonyl (C=O) groups is 1. The molecule has 0 bridgehead atoms. The second kappa shape index (κ2) is 3.77. The Morgan fingerprint density at radius 2 is 2.13 bits per heavy atom. The molecule has 1 nitrogen and oxygen atoms in total. The number of allylic oxidation sites excluding steroid dienone is 2. The number of rotatable bonds is 0. The zero-order valence-electron chi connectivity index (χ0n) is 10.2. The van der Waals surface area contributed by atoms with Crippen LogP contribution in [0.4, 0.5) is 0 Å². The first-order chi connectivity index (χ1) is 7.00. The zero-order valence-corrected chi connectivity index (χ0v) is 10.2. The van der Waals surface area contributed by atoms with Gasteiger partial charge in [0.2, 0.25) is 0 Å². The highest BCUT2D eigenvalue weighted by atomic mass is 16.1. The standard InChI is InChI=1S/C14H22O/c1-10-6-7-11-12(9-10)14(2,3)8-4-5-13(11)15/h6,11-12H,4-5,7-9H2,1-3H3/t11-,12-/m1/s1. The Morgan fingerprint density at radius 1 is 1.40 bits per heavy atom. The second-order valence-electron chi connectivity index (χ2n) is 6.01. The highest BCUT2D eigenvalue weighted by molar-refractivity contribution is 5.82. The van der Waals surface area contributed by atoms with Crippen molar-refractivity contribution in [3.05, 3.63) is 11.6 Å². The number of hydrogen-bond acceptors (Lipinski definition) is 1. The summed E-state index contributed by atoms with van der Waals surface area (Å²) in [6, 6.07) is 0. The van der Waals surface area contributed by atoms with Crippen molar-refractivity contribution in [2.24, 2.45) is 17.3 Å². The maximum atomic E-state index is 12.0. The van der Waals surface area contributed by atoms with Crippen LogP contribution in [0.5, 0.6) is 0 Å². The lowest BCUT2D eigenvalue weighted by Gasteiger charge is -2.39. The van der Waals surface area contributed by atoms with Crippen LogP contribution in [0.2, 0.25) is 0 Å². The second-order valence-corrected chi connectivity index (χ2v) is 6.01. The summed E-state index contributed by atoms with van der Waals surface area (Å²) in [5.41, 5.74) is 1.84. The summed E-state index contributed by atoms with van der Waals surface area (Å²) in [6.07, 6.45) is 7.55. The minimum absolute atomic E-state index is 0.325. The van der Waals surface area contributed by atoms with Crippen LogP contribution in [0.3, 0.4) is 0 Å². The molecule has 0 aromatic carbocycles. The smallest absolute Gasteiger partial charge is 0.136 e. The fraction of sp³-hybridized carbons (Fsp3) is 0.786. The molecule has 0 spiro atoms. The van der Waals surface area contributed by atoms with Crippen molar-refractivity contribution in [2.45, 2.75) is 52.9 Å². The molecule has 0 aromatic rings. The molecule has 0 aromatic heterocycles. The van der Waals surface area contributed by atoms with E-state index < -0.39 is 0 Å². The predicted octanol–water partition coefficient (Wildman–Crippen LogP) is 3.74. The average molecular weight is 206 g/mol. The van der Waals surface area contributed by atoms with Gasteiger partial charge in [-0.3, -0.25) is 4.79 Å². The number of Topliss-reactive ketones (excluding diaryl/α,β-unsaturated/α-hetero) is 1. The minimum Gasteiger partial charge on any atom is -0.299 e. The quantitative estimate of drug-likeness (QED) is 0.552. The highest BCUT2D eigenvalue weighted by Gasteiger charge is 2.41. The van der Waals surface area contributed by atoms with E-state index in [2.05, 4.69) is 26.8 Å². The molecule has 0 N–H and O–H groups in total. The van der Waals surface area contributed by atoms with Crippen molar-refractivity contribution in [1.82, 2.24) is 0 Å². The molecular formula is C14H22O. The monoisotopic (exact) mass is 206 g/mol. The van der Waals surface area contributed by atoms with Gasteiger partial charge in [0.25, 0.3) is 0 Å². The molecule has 1 heteroatoms. The molecule has 0 amide bonds. The Bertz CT molecular complexity index is 298. The predicted molar refractivity (Wildman–Crippen MR) is 62.6 cm³/mol. The Hall–Kier alpha value is -0.590. The van der Waals surface area contributed by atoms with E-state index in [0.717, 1.165) is 25.7 Å². The lowest BCUT2D eigenvalue weighted by Crippen LogP contribution is -2.34. The number of fused-ring (bicyclic) bond motifs is 1. The summed E-state index contributed by atoms with van der Waals surface area (Å²) in [5.74, 6) is 1.44. The third kappa shape index (κ3) is 2.02. The van der Waals surface area contributed by atoms with Crippen molar-refractivity contribution in [3.63, 3.8) is 0 Å². The molecule has 15 heavy (non-hydrogen) atoms. The topological polar surface area (TPSA) is 17.1 Å². The van der Waals surface area contributed by atoms with Gasteiger partial charge in [0.05, 0.1) is 0 Å². The van der Waals surface area contributed by atoms with Crippen molar-refractivity contribution < 1.29 is 4.79 Å². The van der Waals surface area contributed by atoms with E-state index in [1.807, 2.05) is 0 Å². The fourth-order valence-electron chi connectivity index (χ4n) is 3.33. The van der Waals surface area contributed by atoms with Gasteiger partial charge in [0, 0.05) is 12.3 Å². The lowest BCUT2D eigenvalue weighted by atomic mass is 9.65. The first-order valence-corrected chi connectivity index (χ1v) is 6.19. The zero-order chi connectivity index (χ0) is 11.1. The third-order valence-electron chi connectivity index (χ3n) is 4.41. The average Bonchev–Trinajstić information content (AvgIpc) is 2.26. The molecule has 2 aliphatic rings. The summed E-state index contributed by atoms with van der Waals surface area (Å²) in [6.45, 7) is 6.91. The molecular weight excluding hydrogens is 184 g/mol. The molecule has 0 heterocycles. The fourth-order valence-corrected chi connectivity index (χ4v) is 3.33. The van der Waals surface area contributed by atoms with Crippen LogP contribution in [-0.2, 0) is 4.79 Å². The van der Waals surface area contributed by atoms with E-state index in [1.165, 1.54) is 12.0 Å². The van der Waals surface area contributed by atoms with Crippen molar-refractivity contribution >= 4 is 5.78 Å². The molecule has 2 aliphatic carbocycles. The van der Waals surface area contributed by atoms with E-state index in [4.69, 9.17) is 0 Å². The summed E-state index contributed by atoms with van der Waals surface area (Å²) >= 11 is 0. The number of ketones is 1. The van der Waals surface area contributed by atoms with E-state index in [-0.39, 0.29) is 0 Å². The maximum absolute atomic E-state index is 12.0. The number of carbonyl (C=O) groups excluding carboxylic acids is 1. The van der Waals surface area contributed by atoms with Gasteiger partial charge in [0.15, 0.2) is 0 Å². The first kappa shape index (κ1) is 10.9. The molecule has 0 aliphatic heterocycles. The highest BCUT2D eigenvalue weighted by Crippen LogP contribution is 2.47. The molecule has 84 valence electrons. The SMILES string of the molecule is CC1=CC[C@H]2C(=O)CCCC(C)(C)[C@@H]2C1. The van der Waals surface area contributed by atoms with Crippen LogP contribution in [0.15, 0.2) is 11.6 Å². The van der Waals surface area contributed by atoms with Crippen LogP contribution in [-0.4, -0.2) is 5.78 Å². The normalized spacial score (nSPS) is 35.4. The molecule has 2 rings (SSSR count). The van der Waals surface area contributed by atoms with Crippen LogP contribution in [0, 0.1) is 17.3 Å². The molecule has 2 atom stereocenters. The Balaban J connectivity index is 2.30. The molecule has 1 saturated carbocycles. The van der Waals surface area contributed by atoms with Crippen molar-refractivity contribution in [2.75, 3.05) is 0 Å². The first-order valence-electron chi connectivity index (χ1n) is 6.19. The third-order valence-corrected chi connectivity index (χ3v) is 4.41. The van der Waals surface area contributed by atoms with Gasteiger partial charge in [-0.1, -0.05) is 25.5 Å².